The molecule has 1 fully saturated rings. The molecule has 0 bridgehead atoms. The number of rotatable bonds is 6. The molecule has 0 saturated carbocycles. The largest absolute Gasteiger partial charge is 0.508 e. The quantitative estimate of drug-likeness (QED) is 0.355. The predicted molar refractivity (Wildman–Crippen MR) is 100 cm³/mol. The highest BCUT2D eigenvalue weighted by Gasteiger charge is 2.45. The predicted octanol–water partition coefficient (Wildman–Crippen LogP) is 2.85. The van der Waals surface area contributed by atoms with Crippen LogP contribution in [0.3, 0.4) is 0 Å². The minimum absolute atomic E-state index is 0.0503. The third-order valence-corrected chi connectivity index (χ3v) is 4.54. The smallest absolute Gasteiger partial charge is 0.295 e. The second-order valence-corrected chi connectivity index (χ2v) is 6.30. The maximum Gasteiger partial charge on any atom is 0.295 e. The minimum Gasteiger partial charge on any atom is -0.508 e. The summed E-state index contributed by atoms with van der Waals surface area (Å²) < 4.78 is 5.05. The number of aromatic hydroxyl groups is 1. The van der Waals surface area contributed by atoms with Crippen molar-refractivity contribution in [3.05, 3.63) is 71.3 Å². The van der Waals surface area contributed by atoms with Gasteiger partial charge in [0.05, 0.1) is 11.6 Å². The first kappa shape index (κ1) is 18.7. The lowest BCUT2D eigenvalue weighted by Crippen LogP contribution is -2.31. The Morgan fingerprint density at radius 2 is 1.74 bits per heavy atom. The average molecular weight is 367 g/mol. The number of nitrogens with zero attached hydrogens (tertiary/aromatic N) is 1. The molecule has 6 nitrogen and oxygen atoms in total. The van der Waals surface area contributed by atoms with E-state index in [0.717, 1.165) is 0 Å². The number of methoxy groups -OCH3 is 1. The summed E-state index contributed by atoms with van der Waals surface area (Å²) in [4.78, 5) is 26.8. The summed E-state index contributed by atoms with van der Waals surface area (Å²) >= 11 is 0. The number of aliphatic hydroxyl groups excluding tert-OH is 1. The van der Waals surface area contributed by atoms with Crippen LogP contribution in [0.5, 0.6) is 5.75 Å². The molecule has 2 aromatic carbocycles. The monoisotopic (exact) mass is 367 g/mol. The summed E-state index contributed by atoms with van der Waals surface area (Å²) in [5.41, 5.74) is 1.16. The molecule has 2 N–H and O–H groups in total. The molecule has 0 unspecified atom stereocenters. The van der Waals surface area contributed by atoms with Crippen LogP contribution >= 0.6 is 0 Å². The molecule has 2 aromatic rings. The van der Waals surface area contributed by atoms with Gasteiger partial charge in [0.15, 0.2) is 0 Å². The summed E-state index contributed by atoms with van der Waals surface area (Å²) in [6.07, 6.45) is 0.559. The molecule has 0 aliphatic carbocycles. The molecule has 1 aliphatic heterocycles. The highest BCUT2D eigenvalue weighted by atomic mass is 16.5. The Bertz CT molecular complexity index is 858. The van der Waals surface area contributed by atoms with Gasteiger partial charge in [0.1, 0.15) is 11.5 Å². The molecular weight excluding hydrogens is 346 g/mol. The fourth-order valence-electron chi connectivity index (χ4n) is 3.24. The number of hydrogen-bond acceptors (Lipinski definition) is 5. The number of amides is 1. The number of benzene rings is 2. The van der Waals surface area contributed by atoms with E-state index in [1.165, 1.54) is 17.0 Å². The number of likely N-dealkylation sites (tertiary alicyclic amines) is 1. The molecular formula is C21H21NO5. The van der Waals surface area contributed by atoms with E-state index >= 15 is 0 Å². The number of carbonyl (C=O) groups is 2. The lowest BCUT2D eigenvalue weighted by Gasteiger charge is -2.25. The number of phenolic OH excluding ortho intramolecular Hbond substituents is 1. The van der Waals surface area contributed by atoms with Gasteiger partial charge in [-0.05, 0) is 24.1 Å². The average Bonchev–Trinajstić information content (AvgIpc) is 2.94. The standard InChI is InChI=1S/C21H21NO5/c1-27-13-5-12-22-18(14-8-10-16(23)11-9-14)17(20(25)21(22)26)19(24)15-6-3-2-4-7-15/h2-4,6-11,18,23-24H,5,12-13H2,1H3/b19-17+/t18-/m0/s1. The van der Waals surface area contributed by atoms with Gasteiger partial charge in [-0.15, -0.1) is 0 Å². The lowest BCUT2D eigenvalue weighted by molar-refractivity contribution is -0.140. The van der Waals surface area contributed by atoms with Gasteiger partial charge in [-0.1, -0.05) is 42.5 Å². The summed E-state index contributed by atoms with van der Waals surface area (Å²) in [5.74, 6) is -1.49. The van der Waals surface area contributed by atoms with Crippen molar-refractivity contribution in [2.24, 2.45) is 0 Å². The number of carbonyl (C=O) groups excluding carboxylic acids is 2. The maximum atomic E-state index is 12.7. The Kier molecular flexibility index (Phi) is 5.57. The van der Waals surface area contributed by atoms with Crippen molar-refractivity contribution in [2.45, 2.75) is 12.5 Å². The van der Waals surface area contributed by atoms with Gasteiger partial charge in [-0.3, -0.25) is 9.59 Å². The Hall–Kier alpha value is -3.12. The van der Waals surface area contributed by atoms with Crippen LogP contribution in [0.25, 0.3) is 5.76 Å². The summed E-state index contributed by atoms with van der Waals surface area (Å²) in [5, 5.41) is 20.4. The van der Waals surface area contributed by atoms with Crippen LogP contribution in [0.15, 0.2) is 60.2 Å². The fourth-order valence-corrected chi connectivity index (χ4v) is 3.24. The zero-order valence-electron chi connectivity index (χ0n) is 15.0. The van der Waals surface area contributed by atoms with Crippen LogP contribution in [-0.2, 0) is 14.3 Å². The zero-order chi connectivity index (χ0) is 19.4. The van der Waals surface area contributed by atoms with Gasteiger partial charge in [0.2, 0.25) is 0 Å². The number of hydrogen-bond donors (Lipinski definition) is 2. The third kappa shape index (κ3) is 3.71. The van der Waals surface area contributed by atoms with Crippen molar-refractivity contribution >= 4 is 17.4 Å². The molecule has 0 spiro atoms. The van der Waals surface area contributed by atoms with Gasteiger partial charge in [0, 0.05) is 25.8 Å². The number of aliphatic hydroxyl groups is 1. The molecule has 0 aromatic heterocycles. The first-order chi connectivity index (χ1) is 13.0. The number of Topliss-reactive ketones (excluding diaryl/α,β-unsaturated/α-hetero) is 1. The first-order valence-electron chi connectivity index (χ1n) is 8.66. The Morgan fingerprint density at radius 1 is 1.07 bits per heavy atom. The zero-order valence-corrected chi connectivity index (χ0v) is 15.0. The molecule has 0 radical (unpaired) electrons. The van der Waals surface area contributed by atoms with E-state index < -0.39 is 17.7 Å². The van der Waals surface area contributed by atoms with Gasteiger partial charge < -0.3 is 19.8 Å². The van der Waals surface area contributed by atoms with Crippen LogP contribution in [0.1, 0.15) is 23.6 Å². The van der Waals surface area contributed by atoms with E-state index in [1.54, 1.807) is 49.6 Å². The Morgan fingerprint density at radius 3 is 2.37 bits per heavy atom. The lowest BCUT2D eigenvalue weighted by atomic mass is 9.95. The summed E-state index contributed by atoms with van der Waals surface area (Å²) in [6, 6.07) is 14.2. The molecule has 1 atom stereocenters. The van der Waals surface area contributed by atoms with E-state index in [4.69, 9.17) is 4.74 Å². The second kappa shape index (κ2) is 8.05. The van der Waals surface area contributed by atoms with E-state index in [0.29, 0.717) is 30.7 Å². The first-order valence-corrected chi connectivity index (χ1v) is 8.66. The number of ether oxygens (including phenoxy) is 1. The Labute approximate surface area is 157 Å². The molecule has 1 aliphatic rings. The van der Waals surface area contributed by atoms with E-state index in [9.17, 15) is 19.8 Å². The van der Waals surface area contributed by atoms with Crippen LogP contribution < -0.4 is 0 Å². The van der Waals surface area contributed by atoms with E-state index in [-0.39, 0.29) is 17.1 Å². The third-order valence-electron chi connectivity index (χ3n) is 4.54. The van der Waals surface area contributed by atoms with Crippen molar-refractivity contribution in [3.63, 3.8) is 0 Å². The van der Waals surface area contributed by atoms with Gasteiger partial charge in [0.25, 0.3) is 11.7 Å². The molecule has 1 saturated heterocycles. The summed E-state index contributed by atoms with van der Waals surface area (Å²) in [7, 11) is 1.57. The van der Waals surface area contributed by atoms with Crippen LogP contribution in [0.2, 0.25) is 0 Å². The van der Waals surface area contributed by atoms with Gasteiger partial charge >= 0.3 is 0 Å². The van der Waals surface area contributed by atoms with Crippen LogP contribution in [0, 0.1) is 0 Å². The molecule has 1 heterocycles. The highest BCUT2D eigenvalue weighted by molar-refractivity contribution is 6.46. The fraction of sp³-hybridized carbons (Fsp3) is 0.238. The molecule has 6 heteroatoms. The highest BCUT2D eigenvalue weighted by Crippen LogP contribution is 2.39. The van der Waals surface area contributed by atoms with E-state index in [2.05, 4.69) is 0 Å². The van der Waals surface area contributed by atoms with E-state index in [1.807, 2.05) is 0 Å². The number of phenols is 1. The minimum atomic E-state index is -0.720. The molecule has 140 valence electrons. The van der Waals surface area contributed by atoms with Crippen LogP contribution in [-0.4, -0.2) is 47.1 Å². The van der Waals surface area contributed by atoms with Crippen molar-refractivity contribution in [2.75, 3.05) is 20.3 Å². The topological polar surface area (TPSA) is 87.1 Å². The van der Waals surface area contributed by atoms with Gasteiger partial charge in [-0.2, -0.15) is 0 Å². The normalized spacial score (nSPS) is 18.9. The van der Waals surface area contributed by atoms with Gasteiger partial charge in [-0.25, -0.2) is 0 Å². The summed E-state index contributed by atoms with van der Waals surface area (Å²) in [6.45, 7) is 0.763. The van der Waals surface area contributed by atoms with Crippen molar-refractivity contribution in [1.82, 2.24) is 4.90 Å². The maximum absolute atomic E-state index is 12.7. The van der Waals surface area contributed by atoms with Crippen molar-refractivity contribution in [1.29, 1.82) is 0 Å². The molecule has 1 amide bonds. The Balaban J connectivity index is 2.10. The van der Waals surface area contributed by atoms with Crippen LogP contribution in [0.4, 0.5) is 0 Å². The number of ketones is 1. The molecule has 27 heavy (non-hydrogen) atoms. The molecule has 3 rings (SSSR count). The second-order valence-electron chi connectivity index (χ2n) is 6.30. The SMILES string of the molecule is COCCCN1C(=O)C(=O)/C(=C(/O)c2ccccc2)[C@@H]1c1ccc(O)cc1. The van der Waals surface area contributed by atoms with Crippen molar-refractivity contribution < 1.29 is 24.5 Å². The van der Waals surface area contributed by atoms with Crippen molar-refractivity contribution in [3.8, 4) is 5.75 Å².